The molecule has 0 N–H and O–H groups in total. The zero-order valence-electron chi connectivity index (χ0n) is 9.77. The standard InChI is InChI=1S/C11H11N3OS2/c1-5-4-16-11-12-9-8(6(2)7(3)17-9)10(15)14(11)13-5/h4H2,1-3H3. The van der Waals surface area contributed by atoms with Gasteiger partial charge in [0.15, 0.2) is 5.16 Å². The summed E-state index contributed by atoms with van der Waals surface area (Å²) in [6.45, 7) is 5.92. The van der Waals surface area contributed by atoms with Crippen molar-refractivity contribution in [3.8, 4) is 0 Å². The van der Waals surface area contributed by atoms with E-state index in [0.29, 0.717) is 5.16 Å². The molecule has 4 nitrogen and oxygen atoms in total. The first-order chi connectivity index (χ1) is 8.08. The lowest BCUT2D eigenvalue weighted by molar-refractivity contribution is 0.699. The van der Waals surface area contributed by atoms with Crippen LogP contribution in [0.5, 0.6) is 0 Å². The van der Waals surface area contributed by atoms with Crippen LogP contribution in [-0.4, -0.2) is 21.1 Å². The predicted octanol–water partition coefficient (Wildman–Crippen LogP) is 2.40. The monoisotopic (exact) mass is 265 g/mol. The summed E-state index contributed by atoms with van der Waals surface area (Å²) in [5, 5.41) is 5.71. The Kier molecular flexibility index (Phi) is 2.38. The van der Waals surface area contributed by atoms with Gasteiger partial charge >= 0.3 is 0 Å². The van der Waals surface area contributed by atoms with E-state index in [1.54, 1.807) is 23.1 Å². The molecule has 0 unspecified atom stereocenters. The third-order valence-electron chi connectivity index (χ3n) is 2.83. The maximum atomic E-state index is 12.4. The zero-order chi connectivity index (χ0) is 12.2. The minimum Gasteiger partial charge on any atom is -0.267 e. The lowest BCUT2D eigenvalue weighted by atomic mass is 10.2. The molecule has 17 heavy (non-hydrogen) atoms. The van der Waals surface area contributed by atoms with Crippen LogP contribution in [0.4, 0.5) is 0 Å². The molecule has 2 aromatic heterocycles. The molecule has 0 spiro atoms. The summed E-state index contributed by atoms with van der Waals surface area (Å²) in [7, 11) is 0. The normalized spacial score (nSPS) is 14.9. The van der Waals surface area contributed by atoms with Crippen LogP contribution in [0.1, 0.15) is 17.4 Å². The average Bonchev–Trinajstić information content (AvgIpc) is 2.57. The van der Waals surface area contributed by atoms with E-state index in [1.165, 1.54) is 4.68 Å². The number of hydrogen-bond donors (Lipinski definition) is 0. The average molecular weight is 265 g/mol. The molecule has 3 rings (SSSR count). The molecule has 6 heteroatoms. The van der Waals surface area contributed by atoms with E-state index in [9.17, 15) is 4.79 Å². The minimum absolute atomic E-state index is 0.0431. The van der Waals surface area contributed by atoms with E-state index < -0.39 is 0 Å². The molecule has 0 fully saturated rings. The first-order valence-electron chi connectivity index (χ1n) is 5.28. The molecule has 3 heterocycles. The molecule has 1 aliphatic rings. The van der Waals surface area contributed by atoms with Crippen molar-refractivity contribution in [2.45, 2.75) is 25.9 Å². The summed E-state index contributed by atoms with van der Waals surface area (Å²) in [6, 6.07) is 0. The van der Waals surface area contributed by atoms with Gasteiger partial charge in [-0.25, -0.2) is 4.98 Å². The molecule has 0 bridgehead atoms. The van der Waals surface area contributed by atoms with Gasteiger partial charge in [0.05, 0.1) is 5.39 Å². The second-order valence-electron chi connectivity index (χ2n) is 4.10. The Morgan fingerprint density at radius 3 is 2.82 bits per heavy atom. The van der Waals surface area contributed by atoms with Gasteiger partial charge in [-0.2, -0.15) is 9.78 Å². The topological polar surface area (TPSA) is 47.2 Å². The number of hydrogen-bond acceptors (Lipinski definition) is 5. The predicted molar refractivity (Wildman–Crippen MR) is 72.6 cm³/mol. The minimum atomic E-state index is -0.0431. The van der Waals surface area contributed by atoms with Crippen molar-refractivity contribution >= 4 is 39.0 Å². The highest BCUT2D eigenvalue weighted by molar-refractivity contribution is 7.99. The van der Waals surface area contributed by atoms with Gasteiger partial charge in [0.2, 0.25) is 0 Å². The number of aryl methyl sites for hydroxylation is 2. The second-order valence-corrected chi connectivity index (χ2v) is 6.24. The molecule has 0 aromatic carbocycles. The van der Waals surface area contributed by atoms with Crippen LogP contribution in [0, 0.1) is 13.8 Å². The van der Waals surface area contributed by atoms with Crippen molar-refractivity contribution in [2.75, 3.05) is 5.75 Å². The molecule has 0 saturated carbocycles. The molecule has 0 atom stereocenters. The largest absolute Gasteiger partial charge is 0.283 e. The van der Waals surface area contributed by atoms with E-state index in [2.05, 4.69) is 10.1 Å². The van der Waals surface area contributed by atoms with Crippen LogP contribution in [0.15, 0.2) is 15.1 Å². The summed E-state index contributed by atoms with van der Waals surface area (Å²) in [5.41, 5.74) is 1.94. The van der Waals surface area contributed by atoms with Gasteiger partial charge in [-0.15, -0.1) is 11.3 Å². The van der Waals surface area contributed by atoms with E-state index >= 15 is 0 Å². The Balaban J connectivity index is 2.47. The highest BCUT2D eigenvalue weighted by Gasteiger charge is 2.19. The third-order valence-corrected chi connectivity index (χ3v) is 5.02. The molecular formula is C11H11N3OS2. The summed E-state index contributed by atoms with van der Waals surface area (Å²) in [5.74, 6) is 0.807. The first-order valence-corrected chi connectivity index (χ1v) is 7.08. The van der Waals surface area contributed by atoms with Crippen LogP contribution in [0.3, 0.4) is 0 Å². The number of fused-ring (bicyclic) bond motifs is 2. The van der Waals surface area contributed by atoms with Gasteiger partial charge in [0, 0.05) is 16.3 Å². The van der Waals surface area contributed by atoms with Crippen molar-refractivity contribution in [1.29, 1.82) is 0 Å². The lowest BCUT2D eigenvalue weighted by Gasteiger charge is -2.12. The molecule has 1 aliphatic heterocycles. The third kappa shape index (κ3) is 1.55. The van der Waals surface area contributed by atoms with E-state index in [-0.39, 0.29) is 5.56 Å². The number of thioether (sulfide) groups is 1. The van der Waals surface area contributed by atoms with Crippen molar-refractivity contribution < 1.29 is 0 Å². The SMILES string of the molecule is CC1=Nn2c(nc3sc(C)c(C)c3c2=O)SC1. The summed E-state index contributed by atoms with van der Waals surface area (Å²) in [6.07, 6.45) is 0. The van der Waals surface area contributed by atoms with Gasteiger partial charge in [0.1, 0.15) is 4.83 Å². The van der Waals surface area contributed by atoms with Gasteiger partial charge in [-0.1, -0.05) is 11.8 Å². The van der Waals surface area contributed by atoms with Gasteiger partial charge in [0.25, 0.3) is 5.56 Å². The fourth-order valence-corrected chi connectivity index (χ4v) is 3.69. The number of nitrogens with zero attached hydrogens (tertiary/aromatic N) is 3. The van der Waals surface area contributed by atoms with Crippen molar-refractivity contribution in [3.05, 3.63) is 20.8 Å². The van der Waals surface area contributed by atoms with Gasteiger partial charge in [-0.05, 0) is 26.3 Å². The van der Waals surface area contributed by atoms with Crippen LogP contribution in [0.2, 0.25) is 0 Å². The Morgan fingerprint density at radius 2 is 2.06 bits per heavy atom. The van der Waals surface area contributed by atoms with Crippen LogP contribution < -0.4 is 5.56 Å². The summed E-state index contributed by atoms with van der Waals surface area (Å²) in [4.78, 5) is 18.9. The maximum Gasteiger partial charge on any atom is 0.283 e. The fraction of sp³-hybridized carbons (Fsp3) is 0.364. The molecule has 0 aliphatic carbocycles. The van der Waals surface area contributed by atoms with E-state index in [0.717, 1.165) is 32.1 Å². The Hall–Kier alpha value is -1.14. The Morgan fingerprint density at radius 1 is 1.29 bits per heavy atom. The molecule has 0 radical (unpaired) electrons. The highest BCUT2D eigenvalue weighted by Crippen LogP contribution is 2.29. The van der Waals surface area contributed by atoms with Crippen molar-refractivity contribution in [1.82, 2.24) is 9.66 Å². The van der Waals surface area contributed by atoms with Crippen molar-refractivity contribution in [3.63, 3.8) is 0 Å². The summed E-state index contributed by atoms with van der Waals surface area (Å²) >= 11 is 3.15. The molecule has 0 saturated heterocycles. The number of rotatable bonds is 0. The van der Waals surface area contributed by atoms with Crippen LogP contribution in [-0.2, 0) is 0 Å². The number of thiophene rings is 1. The number of aromatic nitrogens is 2. The van der Waals surface area contributed by atoms with Gasteiger partial charge in [-0.3, -0.25) is 4.79 Å². The quantitative estimate of drug-likeness (QED) is 0.687. The Bertz CT molecular complexity index is 712. The Labute approximate surface area is 106 Å². The first kappa shape index (κ1) is 11.0. The van der Waals surface area contributed by atoms with Crippen LogP contribution >= 0.6 is 23.1 Å². The highest BCUT2D eigenvalue weighted by atomic mass is 32.2. The van der Waals surface area contributed by atoms with Gasteiger partial charge < -0.3 is 0 Å². The molecule has 88 valence electrons. The summed E-state index contributed by atoms with van der Waals surface area (Å²) < 4.78 is 1.44. The molecule has 0 amide bonds. The lowest BCUT2D eigenvalue weighted by Crippen LogP contribution is -2.24. The van der Waals surface area contributed by atoms with Crippen molar-refractivity contribution in [2.24, 2.45) is 5.10 Å². The maximum absolute atomic E-state index is 12.4. The smallest absolute Gasteiger partial charge is 0.267 e. The van der Waals surface area contributed by atoms with Crippen LogP contribution in [0.25, 0.3) is 10.2 Å². The van der Waals surface area contributed by atoms with E-state index in [1.807, 2.05) is 20.8 Å². The fourth-order valence-electron chi connectivity index (χ4n) is 1.82. The molecular weight excluding hydrogens is 254 g/mol. The second kappa shape index (κ2) is 3.68. The van der Waals surface area contributed by atoms with E-state index in [4.69, 9.17) is 0 Å². The molecule has 2 aromatic rings. The zero-order valence-corrected chi connectivity index (χ0v) is 11.4.